The highest BCUT2D eigenvalue weighted by Crippen LogP contribution is 2.42. The van der Waals surface area contributed by atoms with Crippen molar-refractivity contribution in [3.63, 3.8) is 0 Å². The van der Waals surface area contributed by atoms with E-state index in [1.165, 1.54) is 0 Å². The van der Waals surface area contributed by atoms with E-state index in [0.717, 1.165) is 26.3 Å². The maximum atomic E-state index is 8.78. The Kier molecular flexibility index (Phi) is 3.83. The molecule has 2 aliphatic rings. The highest BCUT2D eigenvalue weighted by atomic mass is 16.5. The van der Waals surface area contributed by atoms with E-state index in [0.29, 0.717) is 30.0 Å². The van der Waals surface area contributed by atoms with E-state index in [4.69, 9.17) is 14.7 Å². The Morgan fingerprint density at radius 1 is 1.57 bits per heavy atom. The van der Waals surface area contributed by atoms with E-state index in [2.05, 4.69) is 29.8 Å². The van der Waals surface area contributed by atoms with Gasteiger partial charge in [-0.25, -0.2) is 4.98 Å². The third-order valence-corrected chi connectivity index (χ3v) is 4.65. The number of rotatable bonds is 4. The molecule has 0 saturated carbocycles. The second-order valence-corrected chi connectivity index (χ2v) is 6.38. The number of fused-ring (bicyclic) bond motifs is 1. The van der Waals surface area contributed by atoms with Crippen LogP contribution in [0.1, 0.15) is 19.4 Å². The summed E-state index contributed by atoms with van der Waals surface area (Å²) in [6.45, 7) is 8.79. The Balaban J connectivity index is 1.66. The Morgan fingerprint density at radius 2 is 2.43 bits per heavy atom. The van der Waals surface area contributed by atoms with Crippen molar-refractivity contribution >= 4 is 0 Å². The molecule has 2 aliphatic heterocycles. The summed E-state index contributed by atoms with van der Waals surface area (Å²) in [6, 6.07) is 6.11. The lowest BCUT2D eigenvalue weighted by Crippen LogP contribution is -2.38. The Hall–Kier alpha value is -1.64. The topological polar surface area (TPSA) is 58.4 Å². The highest BCUT2D eigenvalue weighted by molar-refractivity contribution is 5.28. The molecule has 0 spiro atoms. The fourth-order valence-electron chi connectivity index (χ4n) is 3.22. The lowest BCUT2D eigenvalue weighted by molar-refractivity contribution is 0.0838. The van der Waals surface area contributed by atoms with E-state index in [-0.39, 0.29) is 5.41 Å². The first kappa shape index (κ1) is 14.3. The van der Waals surface area contributed by atoms with Gasteiger partial charge in [0.25, 0.3) is 0 Å². The number of aromatic nitrogens is 1. The van der Waals surface area contributed by atoms with Crippen molar-refractivity contribution in [1.29, 1.82) is 5.26 Å². The van der Waals surface area contributed by atoms with Crippen LogP contribution in [0.4, 0.5) is 0 Å². The van der Waals surface area contributed by atoms with E-state index < -0.39 is 0 Å². The minimum atomic E-state index is 0.0832. The van der Waals surface area contributed by atoms with Crippen LogP contribution in [0, 0.1) is 22.7 Å². The number of ether oxygens (including phenoxy) is 2. The molecule has 2 atom stereocenters. The van der Waals surface area contributed by atoms with Gasteiger partial charge in [-0.1, -0.05) is 0 Å². The summed E-state index contributed by atoms with van der Waals surface area (Å²) in [7, 11) is 0. The smallest absolute Gasteiger partial charge is 0.213 e. The van der Waals surface area contributed by atoms with Crippen LogP contribution < -0.4 is 4.74 Å². The molecule has 1 aromatic rings. The summed E-state index contributed by atoms with van der Waals surface area (Å²) in [6.07, 6.45) is 1.55. The van der Waals surface area contributed by atoms with Gasteiger partial charge in [-0.05, 0) is 19.9 Å². The van der Waals surface area contributed by atoms with E-state index in [1.54, 1.807) is 18.3 Å². The molecule has 0 unspecified atom stereocenters. The number of nitriles is 1. The fourth-order valence-corrected chi connectivity index (χ4v) is 3.22. The van der Waals surface area contributed by atoms with E-state index >= 15 is 0 Å². The van der Waals surface area contributed by atoms with Crippen molar-refractivity contribution in [2.45, 2.75) is 19.9 Å². The zero-order chi connectivity index (χ0) is 14.9. The van der Waals surface area contributed by atoms with Crippen LogP contribution in [0.5, 0.6) is 5.88 Å². The predicted molar refractivity (Wildman–Crippen MR) is 77.9 cm³/mol. The summed E-state index contributed by atoms with van der Waals surface area (Å²) in [5, 5.41) is 8.78. The monoisotopic (exact) mass is 287 g/mol. The summed E-state index contributed by atoms with van der Waals surface area (Å²) in [4.78, 5) is 6.68. The van der Waals surface area contributed by atoms with Crippen LogP contribution in [0.2, 0.25) is 0 Å². The second-order valence-electron chi connectivity index (χ2n) is 6.38. The molecule has 0 N–H and O–H groups in total. The minimum absolute atomic E-state index is 0.0832. The van der Waals surface area contributed by atoms with Gasteiger partial charge in [-0.2, -0.15) is 5.26 Å². The first-order valence-corrected chi connectivity index (χ1v) is 7.44. The molecule has 1 aromatic heterocycles. The molecule has 3 rings (SSSR count). The molecule has 112 valence electrons. The van der Waals surface area contributed by atoms with Crippen molar-refractivity contribution in [3.05, 3.63) is 23.9 Å². The number of hydrogen-bond acceptors (Lipinski definition) is 5. The molecule has 0 radical (unpaired) electrons. The molecule has 2 fully saturated rings. The summed E-state index contributed by atoms with van der Waals surface area (Å²) < 4.78 is 11.6. The number of nitrogens with zero attached hydrogens (tertiary/aromatic N) is 3. The molecule has 3 heterocycles. The quantitative estimate of drug-likeness (QED) is 0.843. The Bertz CT molecular complexity index is 537. The molecule has 2 saturated heterocycles. The highest BCUT2D eigenvalue weighted by Gasteiger charge is 2.51. The number of likely N-dealkylation sites (tertiary alicyclic amines) is 1. The van der Waals surface area contributed by atoms with Gasteiger partial charge >= 0.3 is 0 Å². The van der Waals surface area contributed by atoms with Gasteiger partial charge in [-0.3, -0.25) is 4.90 Å². The van der Waals surface area contributed by atoms with Crippen LogP contribution in [-0.4, -0.2) is 48.8 Å². The molecule has 0 bridgehead atoms. The first-order valence-electron chi connectivity index (χ1n) is 7.44. The third kappa shape index (κ3) is 2.74. The average Bonchev–Trinajstić information content (AvgIpc) is 3.03. The second kappa shape index (κ2) is 5.63. The molecule has 21 heavy (non-hydrogen) atoms. The molecular weight excluding hydrogens is 266 g/mol. The summed E-state index contributed by atoms with van der Waals surface area (Å²) in [5.41, 5.74) is 0.634. The standard InChI is InChI=1S/C16H21N3O2/c1-12(2)19-7-14-8-20-10-16(14,9-19)11-21-15-4-3-13(5-17)6-18-15/h3-4,6,12,14H,7-11H2,1-2H3/t14-,16+/m1/s1. The SMILES string of the molecule is CC(C)N1C[C@@H]2COC[C@]2(COc2ccc(C#N)cn2)C1. The Morgan fingerprint density at radius 3 is 3.10 bits per heavy atom. The van der Waals surface area contributed by atoms with Gasteiger partial charge in [-0.15, -0.1) is 0 Å². The van der Waals surface area contributed by atoms with Crippen molar-refractivity contribution in [2.75, 3.05) is 32.9 Å². The lowest BCUT2D eigenvalue weighted by Gasteiger charge is -2.28. The third-order valence-electron chi connectivity index (χ3n) is 4.65. The molecule has 5 heteroatoms. The van der Waals surface area contributed by atoms with Gasteiger partial charge in [0.05, 0.1) is 25.4 Å². The van der Waals surface area contributed by atoms with E-state index in [9.17, 15) is 0 Å². The maximum absolute atomic E-state index is 8.78. The fraction of sp³-hybridized carbons (Fsp3) is 0.625. The van der Waals surface area contributed by atoms with Crippen LogP contribution in [0.15, 0.2) is 18.3 Å². The van der Waals surface area contributed by atoms with Gasteiger partial charge in [0.2, 0.25) is 5.88 Å². The lowest BCUT2D eigenvalue weighted by atomic mass is 9.82. The average molecular weight is 287 g/mol. The molecular formula is C16H21N3O2. The minimum Gasteiger partial charge on any atom is -0.477 e. The van der Waals surface area contributed by atoms with Crippen molar-refractivity contribution in [3.8, 4) is 11.9 Å². The van der Waals surface area contributed by atoms with Gasteiger partial charge in [0.1, 0.15) is 6.07 Å². The van der Waals surface area contributed by atoms with Gasteiger partial charge in [0.15, 0.2) is 0 Å². The summed E-state index contributed by atoms with van der Waals surface area (Å²) in [5.74, 6) is 1.12. The summed E-state index contributed by atoms with van der Waals surface area (Å²) >= 11 is 0. The van der Waals surface area contributed by atoms with Crippen LogP contribution in [0.25, 0.3) is 0 Å². The first-order chi connectivity index (χ1) is 10.1. The normalized spacial score (nSPS) is 28.6. The van der Waals surface area contributed by atoms with Crippen LogP contribution >= 0.6 is 0 Å². The predicted octanol–water partition coefficient (Wildman–Crippen LogP) is 1.69. The van der Waals surface area contributed by atoms with Crippen molar-refractivity contribution in [2.24, 2.45) is 11.3 Å². The zero-order valence-electron chi connectivity index (χ0n) is 12.6. The van der Waals surface area contributed by atoms with Gasteiger partial charge in [0, 0.05) is 42.7 Å². The van der Waals surface area contributed by atoms with E-state index in [1.807, 2.05) is 0 Å². The van der Waals surface area contributed by atoms with Crippen molar-refractivity contribution in [1.82, 2.24) is 9.88 Å². The molecule has 5 nitrogen and oxygen atoms in total. The zero-order valence-corrected chi connectivity index (χ0v) is 12.6. The van der Waals surface area contributed by atoms with Crippen LogP contribution in [-0.2, 0) is 4.74 Å². The largest absolute Gasteiger partial charge is 0.477 e. The van der Waals surface area contributed by atoms with Crippen LogP contribution in [0.3, 0.4) is 0 Å². The molecule has 0 amide bonds. The van der Waals surface area contributed by atoms with Crippen molar-refractivity contribution < 1.29 is 9.47 Å². The number of pyridine rings is 1. The molecule has 0 aliphatic carbocycles. The van der Waals surface area contributed by atoms with Gasteiger partial charge < -0.3 is 9.47 Å². The molecule has 0 aromatic carbocycles. The Labute approximate surface area is 125 Å². The maximum Gasteiger partial charge on any atom is 0.213 e. The number of hydrogen-bond donors (Lipinski definition) is 0.